The number of fused-ring (bicyclic) bond motifs is 2. The number of anilines is 2. The standard InChI is InChI=1S/C18H18N4O/c23-17-6-5-15-16(7-9-20-18(15)22-17)21-14-4-3-12-2-1-8-19-11-13(12)10-14/h3-7,9-10,19H,1-2,8,11H2,(H2,20,21,22,23). The third kappa shape index (κ3) is 2.83. The monoisotopic (exact) mass is 306 g/mol. The number of benzene rings is 1. The highest BCUT2D eigenvalue weighted by atomic mass is 16.1. The van der Waals surface area contributed by atoms with Crippen molar-refractivity contribution in [2.24, 2.45) is 0 Å². The van der Waals surface area contributed by atoms with Crippen LogP contribution in [0.3, 0.4) is 0 Å². The molecule has 3 heterocycles. The van der Waals surface area contributed by atoms with E-state index in [1.54, 1.807) is 12.3 Å². The van der Waals surface area contributed by atoms with Gasteiger partial charge in [0.05, 0.1) is 5.69 Å². The average Bonchev–Trinajstić information content (AvgIpc) is 2.79. The van der Waals surface area contributed by atoms with E-state index in [9.17, 15) is 4.79 Å². The maximum absolute atomic E-state index is 11.4. The van der Waals surface area contributed by atoms with Gasteiger partial charge in [-0.05, 0) is 54.8 Å². The normalized spacial score (nSPS) is 14.3. The van der Waals surface area contributed by atoms with Crippen LogP contribution in [0.1, 0.15) is 17.5 Å². The van der Waals surface area contributed by atoms with Gasteiger partial charge in [0, 0.05) is 29.9 Å². The maximum atomic E-state index is 11.4. The third-order valence-corrected chi connectivity index (χ3v) is 4.23. The molecule has 0 fully saturated rings. The van der Waals surface area contributed by atoms with Crippen molar-refractivity contribution in [1.82, 2.24) is 15.3 Å². The van der Waals surface area contributed by atoms with E-state index in [2.05, 4.69) is 38.8 Å². The molecule has 3 aromatic rings. The van der Waals surface area contributed by atoms with Gasteiger partial charge in [-0.1, -0.05) is 6.07 Å². The largest absolute Gasteiger partial charge is 0.355 e. The SMILES string of the molecule is O=c1ccc2c(Nc3ccc4c(c3)CNCCC4)ccnc2[nH]1. The third-order valence-electron chi connectivity index (χ3n) is 4.23. The van der Waals surface area contributed by atoms with Crippen LogP contribution in [0.15, 0.2) is 47.4 Å². The summed E-state index contributed by atoms with van der Waals surface area (Å²) in [5, 5.41) is 7.80. The first-order valence-electron chi connectivity index (χ1n) is 7.87. The van der Waals surface area contributed by atoms with Crippen molar-refractivity contribution < 1.29 is 0 Å². The smallest absolute Gasteiger partial charge is 0.249 e. The number of rotatable bonds is 2. The summed E-state index contributed by atoms with van der Waals surface area (Å²) >= 11 is 0. The minimum absolute atomic E-state index is 0.141. The number of H-pyrrole nitrogens is 1. The van der Waals surface area contributed by atoms with E-state index in [0.29, 0.717) is 5.65 Å². The molecule has 0 unspecified atom stereocenters. The van der Waals surface area contributed by atoms with E-state index in [1.165, 1.54) is 23.6 Å². The van der Waals surface area contributed by atoms with Crippen LogP contribution in [0.25, 0.3) is 11.0 Å². The lowest BCUT2D eigenvalue weighted by Crippen LogP contribution is -2.12. The Kier molecular flexibility index (Phi) is 3.55. The summed E-state index contributed by atoms with van der Waals surface area (Å²) < 4.78 is 0. The molecule has 0 atom stereocenters. The molecule has 1 aliphatic heterocycles. The second kappa shape index (κ2) is 5.85. The highest BCUT2D eigenvalue weighted by molar-refractivity contribution is 5.90. The zero-order valence-electron chi connectivity index (χ0n) is 12.7. The number of nitrogens with zero attached hydrogens (tertiary/aromatic N) is 1. The van der Waals surface area contributed by atoms with Gasteiger partial charge in [0.2, 0.25) is 5.56 Å². The second-order valence-electron chi connectivity index (χ2n) is 5.83. The first kappa shape index (κ1) is 14.0. The molecule has 0 saturated carbocycles. The molecule has 0 bridgehead atoms. The number of hydrogen-bond acceptors (Lipinski definition) is 4. The lowest BCUT2D eigenvalue weighted by atomic mass is 10.0. The van der Waals surface area contributed by atoms with Gasteiger partial charge in [-0.3, -0.25) is 4.79 Å². The van der Waals surface area contributed by atoms with E-state index in [0.717, 1.165) is 36.3 Å². The number of nitrogens with one attached hydrogen (secondary N) is 3. The van der Waals surface area contributed by atoms with Gasteiger partial charge >= 0.3 is 0 Å². The Hall–Kier alpha value is -2.66. The number of aryl methyl sites for hydroxylation is 1. The van der Waals surface area contributed by atoms with Gasteiger partial charge in [-0.15, -0.1) is 0 Å². The van der Waals surface area contributed by atoms with Crippen LogP contribution in [0.4, 0.5) is 11.4 Å². The first-order valence-corrected chi connectivity index (χ1v) is 7.87. The Bertz CT molecular complexity index is 916. The summed E-state index contributed by atoms with van der Waals surface area (Å²) in [4.78, 5) is 18.4. The summed E-state index contributed by atoms with van der Waals surface area (Å²) in [5.74, 6) is 0. The first-order chi connectivity index (χ1) is 11.3. The molecule has 2 aromatic heterocycles. The average molecular weight is 306 g/mol. The molecule has 1 aromatic carbocycles. The highest BCUT2D eigenvalue weighted by Gasteiger charge is 2.09. The Labute approximate surface area is 133 Å². The quantitative estimate of drug-likeness (QED) is 0.681. The highest BCUT2D eigenvalue weighted by Crippen LogP contribution is 2.26. The predicted octanol–water partition coefficient (Wildman–Crippen LogP) is 2.70. The van der Waals surface area contributed by atoms with Crippen molar-refractivity contribution >= 4 is 22.4 Å². The molecule has 5 nitrogen and oxygen atoms in total. The van der Waals surface area contributed by atoms with E-state index in [1.807, 2.05) is 6.07 Å². The van der Waals surface area contributed by atoms with Crippen molar-refractivity contribution in [3.05, 3.63) is 64.1 Å². The molecule has 23 heavy (non-hydrogen) atoms. The molecule has 1 aliphatic rings. The Morgan fingerprint density at radius 1 is 1.09 bits per heavy atom. The Balaban J connectivity index is 1.71. The van der Waals surface area contributed by atoms with Gasteiger partial charge < -0.3 is 15.6 Å². The minimum Gasteiger partial charge on any atom is -0.355 e. The molecule has 116 valence electrons. The van der Waals surface area contributed by atoms with Crippen LogP contribution in [-0.2, 0) is 13.0 Å². The minimum atomic E-state index is -0.141. The molecule has 3 N–H and O–H groups in total. The zero-order chi connectivity index (χ0) is 15.6. The van der Waals surface area contributed by atoms with Crippen molar-refractivity contribution in [3.8, 4) is 0 Å². The maximum Gasteiger partial charge on any atom is 0.249 e. The van der Waals surface area contributed by atoms with Gasteiger partial charge in [0.25, 0.3) is 0 Å². The fourth-order valence-electron chi connectivity index (χ4n) is 3.06. The zero-order valence-corrected chi connectivity index (χ0v) is 12.7. The molecule has 0 saturated heterocycles. The Morgan fingerprint density at radius 2 is 2.04 bits per heavy atom. The number of hydrogen-bond donors (Lipinski definition) is 3. The molecular formula is C18H18N4O. The lowest BCUT2D eigenvalue weighted by molar-refractivity contribution is 0.681. The molecular weight excluding hydrogens is 288 g/mol. The molecule has 0 aliphatic carbocycles. The number of aromatic nitrogens is 2. The molecule has 0 amide bonds. The van der Waals surface area contributed by atoms with E-state index in [4.69, 9.17) is 0 Å². The molecule has 0 spiro atoms. The van der Waals surface area contributed by atoms with Crippen LogP contribution < -0.4 is 16.2 Å². The molecule has 4 rings (SSSR count). The predicted molar refractivity (Wildman–Crippen MR) is 92.1 cm³/mol. The van der Waals surface area contributed by atoms with Gasteiger partial charge in [0.15, 0.2) is 0 Å². The van der Waals surface area contributed by atoms with Gasteiger partial charge in [0.1, 0.15) is 5.65 Å². The van der Waals surface area contributed by atoms with Crippen molar-refractivity contribution in [3.63, 3.8) is 0 Å². The summed E-state index contributed by atoms with van der Waals surface area (Å²) in [6.07, 6.45) is 4.01. The topological polar surface area (TPSA) is 69.8 Å². The summed E-state index contributed by atoms with van der Waals surface area (Å²) in [5.41, 5.74) is 5.21. The van der Waals surface area contributed by atoms with Crippen molar-refractivity contribution in [2.75, 3.05) is 11.9 Å². The second-order valence-corrected chi connectivity index (χ2v) is 5.83. The van der Waals surface area contributed by atoms with Crippen LogP contribution in [-0.4, -0.2) is 16.5 Å². The summed E-state index contributed by atoms with van der Waals surface area (Å²) in [7, 11) is 0. The van der Waals surface area contributed by atoms with Crippen LogP contribution >= 0.6 is 0 Å². The van der Waals surface area contributed by atoms with E-state index >= 15 is 0 Å². The van der Waals surface area contributed by atoms with Crippen molar-refractivity contribution in [1.29, 1.82) is 0 Å². The van der Waals surface area contributed by atoms with E-state index < -0.39 is 0 Å². The number of aromatic amines is 1. The van der Waals surface area contributed by atoms with Crippen LogP contribution in [0.5, 0.6) is 0 Å². The van der Waals surface area contributed by atoms with Crippen LogP contribution in [0, 0.1) is 0 Å². The fourth-order valence-corrected chi connectivity index (χ4v) is 3.06. The molecule has 0 radical (unpaired) electrons. The van der Waals surface area contributed by atoms with E-state index in [-0.39, 0.29) is 5.56 Å². The Morgan fingerprint density at radius 3 is 3.00 bits per heavy atom. The summed E-state index contributed by atoms with van der Waals surface area (Å²) in [6.45, 7) is 1.98. The van der Waals surface area contributed by atoms with Gasteiger partial charge in [-0.25, -0.2) is 4.98 Å². The fraction of sp³-hybridized carbons (Fsp3) is 0.222. The lowest BCUT2D eigenvalue weighted by Gasteiger charge is -2.12. The summed E-state index contributed by atoms with van der Waals surface area (Å²) in [6, 6.07) is 11.8. The van der Waals surface area contributed by atoms with Gasteiger partial charge in [-0.2, -0.15) is 0 Å². The molecule has 5 heteroatoms. The number of pyridine rings is 2. The van der Waals surface area contributed by atoms with Crippen molar-refractivity contribution in [2.45, 2.75) is 19.4 Å². The van der Waals surface area contributed by atoms with Crippen LogP contribution in [0.2, 0.25) is 0 Å².